The topological polar surface area (TPSA) is 325 Å². The molecule has 2 unspecified atom stereocenters. The summed E-state index contributed by atoms with van der Waals surface area (Å²) >= 11 is 2.78. The molecule has 69 heavy (non-hydrogen) atoms. The maximum absolute atomic E-state index is 11.4. The Balaban J connectivity index is -0.000000224. The first-order valence-corrected chi connectivity index (χ1v) is 23.9. The van der Waals surface area contributed by atoms with Gasteiger partial charge in [0.15, 0.2) is 24.0 Å². The van der Waals surface area contributed by atoms with Crippen LogP contribution in [0.2, 0.25) is 0 Å². The van der Waals surface area contributed by atoms with Crippen LogP contribution in [-0.4, -0.2) is 104 Å². The van der Waals surface area contributed by atoms with Gasteiger partial charge in [-0.05, 0) is 30.6 Å². The Morgan fingerprint density at radius 2 is 1.35 bits per heavy atom. The fraction of sp³-hybridized carbons (Fsp3) is 0.750. The number of aromatic nitrogens is 8. The number of nitrogens with zero attached hydrogens (tertiary/aromatic N) is 5. The largest absolute Gasteiger partial charge is 0.438 e. The molecule has 25 heteroatoms. The molecule has 0 radical (unpaired) electrons. The lowest BCUT2D eigenvalue weighted by atomic mass is 10.1. The molecule has 0 amide bonds. The molecule has 0 aliphatic carbocycles. The van der Waals surface area contributed by atoms with Crippen molar-refractivity contribution in [3.63, 3.8) is 0 Å². The maximum Gasteiger partial charge on any atom is 0.438 e. The lowest BCUT2D eigenvalue weighted by Gasteiger charge is -2.16. The molecule has 0 saturated heterocycles. The highest BCUT2D eigenvalue weighted by Crippen LogP contribution is 2.24. The number of methoxy groups -OCH3 is 1. The number of hydrogen-bond donors (Lipinski definition) is 9. The molecule has 20 nitrogen and oxygen atoms in total. The van der Waals surface area contributed by atoms with Crippen LogP contribution < -0.4 is 22.6 Å². The van der Waals surface area contributed by atoms with Crippen molar-refractivity contribution in [2.75, 3.05) is 13.7 Å². The molecule has 0 aromatic carbocycles. The van der Waals surface area contributed by atoms with Gasteiger partial charge >= 0.3 is 11.9 Å². The fourth-order valence-electron chi connectivity index (χ4n) is 2.91. The number of oxime groups is 1. The second kappa shape index (κ2) is 41.2. The van der Waals surface area contributed by atoms with E-state index in [0.717, 1.165) is 16.3 Å². The van der Waals surface area contributed by atoms with E-state index in [1.54, 1.807) is 13.0 Å². The third-order valence-corrected chi connectivity index (χ3v) is 9.68. The number of nitrogens with one attached hydrogen (secondary N) is 4. The number of aromatic amines is 4. The van der Waals surface area contributed by atoms with Crippen LogP contribution in [0.15, 0.2) is 35.5 Å². The van der Waals surface area contributed by atoms with E-state index in [1.807, 2.05) is 102 Å². The van der Waals surface area contributed by atoms with Crippen molar-refractivity contribution >= 4 is 34.7 Å². The molecule has 0 aliphatic rings. The number of Topliss-reactive ketones (excluding diaryl/α,β-unsaturated/α-hetero) is 1. The molecule has 0 aliphatic heterocycles. The van der Waals surface area contributed by atoms with Gasteiger partial charge in [0.1, 0.15) is 11.6 Å². The lowest BCUT2D eigenvalue weighted by Crippen LogP contribution is -2.33. The molecule has 4 rings (SSSR count). The summed E-state index contributed by atoms with van der Waals surface area (Å²) < 4.78 is 48.5. The minimum Gasteiger partial charge on any atom is -0.409 e. The summed E-state index contributed by atoms with van der Waals surface area (Å²) in [5.41, 5.74) is 6.09. The zero-order valence-corrected chi connectivity index (χ0v) is 45.8. The minimum atomic E-state index is -4.46. The summed E-state index contributed by atoms with van der Waals surface area (Å²) in [6, 6.07) is 1.65. The van der Waals surface area contributed by atoms with Crippen LogP contribution in [0.1, 0.15) is 177 Å². The summed E-state index contributed by atoms with van der Waals surface area (Å²) in [6.45, 7) is 35.8. The number of carbonyl (C=O) groups excluding carboxylic acids is 1. The van der Waals surface area contributed by atoms with E-state index in [0.29, 0.717) is 36.1 Å². The van der Waals surface area contributed by atoms with Crippen LogP contribution in [-0.2, 0) is 9.53 Å². The Morgan fingerprint density at radius 3 is 1.46 bits per heavy atom. The van der Waals surface area contributed by atoms with E-state index in [4.69, 9.17) is 26.3 Å². The Hall–Kier alpha value is -4.56. The predicted octanol–water partition coefficient (Wildman–Crippen LogP) is 8.36. The number of amidine groups is 1. The number of aliphatic hydroxyl groups is 3. The molecule has 0 fully saturated rings. The molecular weight excluding hydrogens is 950 g/mol. The molecular formula is C44H85F3N10O10S2. The number of nitrogens with two attached hydrogens (primary N) is 1. The number of tetrazole rings is 1. The third-order valence-electron chi connectivity index (χ3n) is 7.88. The van der Waals surface area contributed by atoms with E-state index < -0.39 is 30.2 Å². The van der Waals surface area contributed by atoms with Crippen LogP contribution in [0, 0.1) is 29.6 Å². The number of halogens is 3. The average Bonchev–Trinajstić information content (AvgIpc) is 4.11. The molecule has 2 atom stereocenters. The van der Waals surface area contributed by atoms with Gasteiger partial charge in [0.2, 0.25) is 0 Å². The highest BCUT2D eigenvalue weighted by atomic mass is 32.1. The van der Waals surface area contributed by atoms with E-state index >= 15 is 0 Å². The van der Waals surface area contributed by atoms with Gasteiger partial charge in [-0.25, -0.2) is 4.79 Å². The first-order chi connectivity index (χ1) is 31.5. The number of ether oxygens (including phenoxy) is 1. The van der Waals surface area contributed by atoms with Crippen molar-refractivity contribution in [2.24, 2.45) is 40.5 Å². The normalized spacial score (nSPS) is 11.8. The Kier molecular flexibility index (Phi) is 43.9. The van der Waals surface area contributed by atoms with Crippen molar-refractivity contribution < 1.29 is 47.8 Å². The Morgan fingerprint density at radius 1 is 0.841 bits per heavy atom. The summed E-state index contributed by atoms with van der Waals surface area (Å²) in [4.78, 5) is 45.4. The van der Waals surface area contributed by atoms with Gasteiger partial charge in [0, 0.05) is 65.2 Å². The molecule has 404 valence electrons. The van der Waals surface area contributed by atoms with Crippen LogP contribution in [0.3, 0.4) is 0 Å². The summed E-state index contributed by atoms with van der Waals surface area (Å²) in [6.07, 6.45) is -7.24. The lowest BCUT2D eigenvalue weighted by molar-refractivity contribution is -0.215. The number of carbonyl (C=O) groups is 1. The van der Waals surface area contributed by atoms with Gasteiger partial charge in [0.25, 0.3) is 11.1 Å². The molecule has 10 N–H and O–H groups in total. The SMILES string of the molecule is CC(=O)C(C)C.CC(C)/C(N)=N/O.CC(C)C(O)C(F)(F)F.CC(C)CO.CC(C)c1cc(=O)[nH]s1.CC(C)c1cs[nH]c1=O.CC(C)c1nn[nH]n1.CC(C)c1noc(=O)[nH]1.COC(O)C(C)C. The van der Waals surface area contributed by atoms with Crippen molar-refractivity contribution in [3.05, 3.63) is 64.8 Å². The second-order valence-corrected chi connectivity index (χ2v) is 19.3. The van der Waals surface area contributed by atoms with Gasteiger partial charge < -0.3 is 31.0 Å². The number of alkyl halides is 3. The summed E-state index contributed by atoms with van der Waals surface area (Å²) in [5, 5.41) is 54.6. The molecule has 4 heterocycles. The van der Waals surface area contributed by atoms with Crippen LogP contribution >= 0.6 is 23.1 Å². The number of ketones is 1. The van der Waals surface area contributed by atoms with Gasteiger partial charge in [-0.1, -0.05) is 163 Å². The first-order valence-electron chi connectivity index (χ1n) is 22.2. The number of rotatable bonds is 10. The highest BCUT2D eigenvalue weighted by Gasteiger charge is 2.39. The Bertz CT molecular complexity index is 1930. The maximum atomic E-state index is 11.4. The smallest absolute Gasteiger partial charge is 0.409 e. The molecule has 0 bridgehead atoms. The fourth-order valence-corrected chi connectivity index (χ4v) is 4.38. The predicted molar refractivity (Wildman–Crippen MR) is 268 cm³/mol. The molecule has 4 aromatic heterocycles. The highest BCUT2D eigenvalue weighted by molar-refractivity contribution is 7.05. The second-order valence-electron chi connectivity index (χ2n) is 17.7. The van der Waals surface area contributed by atoms with E-state index in [1.165, 1.54) is 44.0 Å². The van der Waals surface area contributed by atoms with Gasteiger partial charge in [-0.15, -0.1) is 10.2 Å². The van der Waals surface area contributed by atoms with Crippen molar-refractivity contribution in [3.8, 4) is 0 Å². The number of H-pyrrole nitrogens is 4. The van der Waals surface area contributed by atoms with Gasteiger partial charge in [-0.2, -0.15) is 18.4 Å². The van der Waals surface area contributed by atoms with Crippen molar-refractivity contribution in [1.29, 1.82) is 0 Å². The quantitative estimate of drug-likeness (QED) is 0.0237. The minimum absolute atomic E-state index is 0.0173. The van der Waals surface area contributed by atoms with Crippen molar-refractivity contribution in [2.45, 2.75) is 174 Å². The van der Waals surface area contributed by atoms with Gasteiger partial charge in [-0.3, -0.25) is 32.6 Å². The van der Waals surface area contributed by atoms with E-state index in [2.05, 4.69) is 67.8 Å². The monoisotopic (exact) mass is 1030 g/mol. The van der Waals surface area contributed by atoms with Gasteiger partial charge in [0.05, 0.1) is 0 Å². The molecule has 4 aromatic rings. The summed E-state index contributed by atoms with van der Waals surface area (Å²) in [5.74, 6) is 3.05. The third kappa shape index (κ3) is 43.2. The summed E-state index contributed by atoms with van der Waals surface area (Å²) in [7, 11) is 1.49. The van der Waals surface area contributed by atoms with Crippen LogP contribution in [0.4, 0.5) is 13.2 Å². The number of hydrogen-bond acceptors (Lipinski definition) is 17. The Labute approximate surface area is 413 Å². The average molecular weight is 1040 g/mol. The standard InChI is InChI=1S/2C6H9NOS.C5H9F3O.C5H8N2O2.C5H12O2.C5H10O.C4H8N4.C4H10N2O.C4H10O/c1-4(2)5-3-9-7-6(5)8;1-4(2)5-3-6(8)7-9-5;1-3(2)4(9)5(6,7)8;1-3(2)4-6-5(8)9-7-4;1-4(2)5(6)7-3;1-4(2)5(3)6;1-3(2)4-5-7-8-6-4;1-3(2)4(5)6-7;1-4(2)3-5/h2*3-4H,1-2H3,(H,7,8);3-4,9H,1-2H3;3H,1-2H3,(H,6,7,8);4-6H,1-3H3;4H,1-3H3;3H,1-2H3,(H,5,6,7,8);3,7H,1-2H3,(H2,5,6);4-5H,3H2,1-2H3. The first kappa shape index (κ1) is 73.4. The van der Waals surface area contributed by atoms with Crippen LogP contribution in [0.25, 0.3) is 0 Å². The molecule has 0 saturated carbocycles. The number of aliphatic hydroxyl groups excluding tert-OH is 3. The zero-order valence-electron chi connectivity index (χ0n) is 44.2. The van der Waals surface area contributed by atoms with Crippen molar-refractivity contribution in [1.82, 2.24) is 39.5 Å². The van der Waals surface area contributed by atoms with E-state index in [-0.39, 0.29) is 46.4 Å². The van der Waals surface area contributed by atoms with Crippen LogP contribution in [0.5, 0.6) is 0 Å². The zero-order chi connectivity index (χ0) is 55.4. The molecule has 0 spiro atoms. The van der Waals surface area contributed by atoms with E-state index in [9.17, 15) is 32.3 Å².